The number of halogens is 1. The Morgan fingerprint density at radius 3 is 2.39 bits per heavy atom. The van der Waals surface area contributed by atoms with Crippen LogP contribution in [0.5, 0.6) is 0 Å². The van der Waals surface area contributed by atoms with Gasteiger partial charge in [-0.15, -0.1) is 12.4 Å². The lowest BCUT2D eigenvalue weighted by Gasteiger charge is -2.23. The normalized spacial score (nSPS) is 11.5. The zero-order valence-electron chi connectivity index (χ0n) is 11.1. The molecule has 0 aromatic heterocycles. The highest BCUT2D eigenvalue weighted by Gasteiger charge is 2.19. The number of unbranched alkanes of at least 4 members (excludes halogenated alkanes) is 1. The van der Waals surface area contributed by atoms with Crippen molar-refractivity contribution in [2.24, 2.45) is 11.5 Å². The summed E-state index contributed by atoms with van der Waals surface area (Å²) in [5.74, 6) is -0.647. The van der Waals surface area contributed by atoms with Gasteiger partial charge in [0.25, 0.3) is 0 Å². The van der Waals surface area contributed by atoms with Gasteiger partial charge in [0.05, 0.1) is 19.1 Å². The predicted molar refractivity (Wildman–Crippen MR) is 72.4 cm³/mol. The summed E-state index contributed by atoms with van der Waals surface area (Å²) in [6.45, 7) is 2.80. The Hall–Kier alpha value is -0.850. The number of rotatable bonds is 9. The first-order valence-corrected chi connectivity index (χ1v) is 5.84. The van der Waals surface area contributed by atoms with Gasteiger partial charge in [-0.3, -0.25) is 9.59 Å². The standard InChI is InChI=1S/C11H23N3O3.ClH/c1-3-4-5-14(8-10(13)15)11(16)6-9(7-12)17-2;/h9H,3-8,12H2,1-2H3,(H2,13,15);1H. The molecule has 7 heteroatoms. The zero-order valence-corrected chi connectivity index (χ0v) is 11.9. The molecule has 0 saturated carbocycles. The summed E-state index contributed by atoms with van der Waals surface area (Å²) >= 11 is 0. The summed E-state index contributed by atoms with van der Waals surface area (Å²) in [4.78, 5) is 24.2. The van der Waals surface area contributed by atoms with Crippen LogP contribution in [-0.4, -0.2) is 49.6 Å². The summed E-state index contributed by atoms with van der Waals surface area (Å²) < 4.78 is 5.04. The van der Waals surface area contributed by atoms with E-state index < -0.39 is 5.91 Å². The summed E-state index contributed by atoms with van der Waals surface area (Å²) in [7, 11) is 1.51. The maximum Gasteiger partial charge on any atom is 0.237 e. The first kappa shape index (κ1) is 19.5. The lowest BCUT2D eigenvalue weighted by Crippen LogP contribution is -2.41. The molecule has 0 spiro atoms. The molecule has 0 aliphatic rings. The van der Waals surface area contributed by atoms with E-state index >= 15 is 0 Å². The molecule has 0 aromatic rings. The van der Waals surface area contributed by atoms with E-state index in [1.165, 1.54) is 12.0 Å². The number of hydrogen-bond donors (Lipinski definition) is 2. The fourth-order valence-corrected chi connectivity index (χ4v) is 1.42. The van der Waals surface area contributed by atoms with Gasteiger partial charge >= 0.3 is 0 Å². The number of methoxy groups -OCH3 is 1. The van der Waals surface area contributed by atoms with Crippen LogP contribution in [0.2, 0.25) is 0 Å². The molecule has 0 aromatic carbocycles. The molecule has 0 rings (SSSR count). The second kappa shape index (κ2) is 11.3. The molecule has 0 radical (unpaired) electrons. The average Bonchev–Trinajstić information content (AvgIpc) is 2.30. The Morgan fingerprint density at radius 2 is 2.00 bits per heavy atom. The van der Waals surface area contributed by atoms with Crippen molar-refractivity contribution in [1.29, 1.82) is 0 Å². The predicted octanol–water partition coefficient (Wildman–Crippen LogP) is -0.114. The van der Waals surface area contributed by atoms with Crippen molar-refractivity contribution in [2.45, 2.75) is 32.3 Å². The SMILES string of the molecule is CCCCN(CC(N)=O)C(=O)CC(CN)OC.Cl. The number of primary amides is 1. The largest absolute Gasteiger partial charge is 0.380 e. The van der Waals surface area contributed by atoms with E-state index in [9.17, 15) is 9.59 Å². The third-order valence-corrected chi connectivity index (χ3v) is 2.48. The van der Waals surface area contributed by atoms with Crippen LogP contribution in [0.1, 0.15) is 26.2 Å². The third-order valence-electron chi connectivity index (χ3n) is 2.48. The molecule has 0 fully saturated rings. The molecular weight excluding hydrogens is 258 g/mol. The van der Waals surface area contributed by atoms with Gasteiger partial charge < -0.3 is 21.1 Å². The van der Waals surface area contributed by atoms with E-state index in [2.05, 4.69) is 0 Å². The lowest BCUT2D eigenvalue weighted by atomic mass is 10.2. The Labute approximate surface area is 114 Å². The molecule has 0 bridgehead atoms. The fourth-order valence-electron chi connectivity index (χ4n) is 1.42. The van der Waals surface area contributed by atoms with Crippen molar-refractivity contribution < 1.29 is 14.3 Å². The van der Waals surface area contributed by atoms with Crippen LogP contribution in [-0.2, 0) is 14.3 Å². The maximum absolute atomic E-state index is 11.9. The van der Waals surface area contributed by atoms with E-state index in [0.29, 0.717) is 6.54 Å². The minimum Gasteiger partial charge on any atom is -0.380 e. The third kappa shape index (κ3) is 8.27. The average molecular weight is 282 g/mol. The van der Waals surface area contributed by atoms with Gasteiger partial charge in [0.2, 0.25) is 11.8 Å². The number of nitrogens with zero attached hydrogens (tertiary/aromatic N) is 1. The molecule has 0 heterocycles. The van der Waals surface area contributed by atoms with Crippen molar-refractivity contribution in [3.8, 4) is 0 Å². The lowest BCUT2D eigenvalue weighted by molar-refractivity contribution is -0.137. The van der Waals surface area contributed by atoms with Crippen molar-refractivity contribution in [3.05, 3.63) is 0 Å². The molecular formula is C11H24ClN3O3. The summed E-state index contributed by atoms with van der Waals surface area (Å²) in [6.07, 6.45) is 1.68. The molecule has 6 nitrogen and oxygen atoms in total. The van der Waals surface area contributed by atoms with Crippen LogP contribution in [0.3, 0.4) is 0 Å². The maximum atomic E-state index is 11.9. The minimum atomic E-state index is -0.504. The summed E-state index contributed by atoms with van der Waals surface area (Å²) in [6, 6.07) is 0. The molecule has 108 valence electrons. The van der Waals surface area contributed by atoms with Crippen LogP contribution in [0.15, 0.2) is 0 Å². The molecule has 1 unspecified atom stereocenters. The Bertz CT molecular complexity index is 248. The number of nitrogens with two attached hydrogens (primary N) is 2. The number of hydrogen-bond acceptors (Lipinski definition) is 4. The molecule has 2 amide bonds. The fraction of sp³-hybridized carbons (Fsp3) is 0.818. The first-order valence-electron chi connectivity index (χ1n) is 5.84. The van der Waals surface area contributed by atoms with Gasteiger partial charge in [-0.1, -0.05) is 13.3 Å². The van der Waals surface area contributed by atoms with Gasteiger partial charge in [0.1, 0.15) is 0 Å². The Morgan fingerprint density at radius 1 is 1.39 bits per heavy atom. The summed E-state index contributed by atoms with van der Waals surface area (Å²) in [5, 5.41) is 0. The van der Waals surface area contributed by atoms with Gasteiger partial charge in [0, 0.05) is 20.2 Å². The van der Waals surface area contributed by atoms with E-state index in [0.717, 1.165) is 12.8 Å². The number of amides is 2. The summed E-state index contributed by atoms with van der Waals surface area (Å²) in [5.41, 5.74) is 10.6. The van der Waals surface area contributed by atoms with Crippen molar-refractivity contribution in [1.82, 2.24) is 4.90 Å². The molecule has 18 heavy (non-hydrogen) atoms. The van der Waals surface area contributed by atoms with E-state index in [1.807, 2.05) is 6.92 Å². The molecule has 1 atom stereocenters. The van der Waals surface area contributed by atoms with Gasteiger partial charge in [-0.25, -0.2) is 0 Å². The first-order chi connectivity index (χ1) is 8.04. The highest BCUT2D eigenvalue weighted by molar-refractivity contribution is 5.85. The van der Waals surface area contributed by atoms with Crippen molar-refractivity contribution in [2.75, 3.05) is 26.7 Å². The van der Waals surface area contributed by atoms with Crippen LogP contribution in [0, 0.1) is 0 Å². The monoisotopic (exact) mass is 281 g/mol. The topological polar surface area (TPSA) is 98.7 Å². The van der Waals surface area contributed by atoms with E-state index in [1.54, 1.807) is 0 Å². The highest BCUT2D eigenvalue weighted by atomic mass is 35.5. The molecule has 0 aliphatic heterocycles. The van der Waals surface area contributed by atoms with Crippen LogP contribution >= 0.6 is 12.4 Å². The van der Waals surface area contributed by atoms with Crippen molar-refractivity contribution in [3.63, 3.8) is 0 Å². The quantitative estimate of drug-likeness (QED) is 0.616. The molecule has 4 N–H and O–H groups in total. The minimum absolute atomic E-state index is 0. The molecule has 0 saturated heterocycles. The van der Waals surface area contributed by atoms with Gasteiger partial charge in [0.15, 0.2) is 0 Å². The van der Waals surface area contributed by atoms with Crippen LogP contribution in [0.25, 0.3) is 0 Å². The van der Waals surface area contributed by atoms with Crippen LogP contribution < -0.4 is 11.5 Å². The number of carbonyl (C=O) groups is 2. The zero-order chi connectivity index (χ0) is 13.3. The Kier molecular flexibility index (Phi) is 12.2. The van der Waals surface area contributed by atoms with E-state index in [-0.39, 0.29) is 43.9 Å². The number of carbonyl (C=O) groups excluding carboxylic acids is 2. The second-order valence-corrected chi connectivity index (χ2v) is 3.93. The van der Waals surface area contributed by atoms with Gasteiger partial charge in [-0.2, -0.15) is 0 Å². The smallest absolute Gasteiger partial charge is 0.237 e. The Balaban J connectivity index is 0. The van der Waals surface area contributed by atoms with Crippen molar-refractivity contribution >= 4 is 24.2 Å². The van der Waals surface area contributed by atoms with E-state index in [4.69, 9.17) is 16.2 Å². The highest BCUT2D eigenvalue weighted by Crippen LogP contribution is 2.03. The molecule has 0 aliphatic carbocycles. The van der Waals surface area contributed by atoms with Gasteiger partial charge in [-0.05, 0) is 6.42 Å². The van der Waals surface area contributed by atoms with Crippen LogP contribution in [0.4, 0.5) is 0 Å². The number of ether oxygens (including phenoxy) is 1. The second-order valence-electron chi connectivity index (χ2n) is 3.93.